The first-order valence-corrected chi connectivity index (χ1v) is 8.34. The summed E-state index contributed by atoms with van der Waals surface area (Å²) >= 11 is 0. The zero-order chi connectivity index (χ0) is 15.5. The van der Waals surface area contributed by atoms with Crippen molar-refractivity contribution in [3.05, 3.63) is 0 Å². The molecule has 1 aliphatic heterocycles. The lowest BCUT2D eigenvalue weighted by Gasteiger charge is -2.41. The number of ether oxygens (including phenoxy) is 1. The van der Waals surface area contributed by atoms with Crippen molar-refractivity contribution in [2.75, 3.05) is 26.2 Å². The highest BCUT2D eigenvalue weighted by molar-refractivity contribution is 5.68. The molecule has 1 amide bonds. The maximum Gasteiger partial charge on any atom is 0.410 e. The topological polar surface area (TPSA) is 58.8 Å². The van der Waals surface area contributed by atoms with Gasteiger partial charge in [0.25, 0.3) is 0 Å². The molecule has 2 atom stereocenters. The van der Waals surface area contributed by atoms with Gasteiger partial charge in [-0.1, -0.05) is 19.3 Å². The molecule has 0 bridgehead atoms. The van der Waals surface area contributed by atoms with Crippen molar-refractivity contribution in [2.45, 2.75) is 70.6 Å². The summed E-state index contributed by atoms with van der Waals surface area (Å²) in [7, 11) is 0. The molecule has 0 aromatic carbocycles. The number of hydrogen-bond donors (Lipinski definition) is 1. The van der Waals surface area contributed by atoms with E-state index in [4.69, 9.17) is 10.5 Å². The Hall–Kier alpha value is -0.810. The van der Waals surface area contributed by atoms with Crippen molar-refractivity contribution >= 4 is 6.09 Å². The summed E-state index contributed by atoms with van der Waals surface area (Å²) in [4.78, 5) is 16.4. The monoisotopic (exact) mass is 297 g/mol. The molecule has 5 heteroatoms. The third kappa shape index (κ3) is 4.85. The van der Waals surface area contributed by atoms with Crippen LogP contribution in [0.25, 0.3) is 0 Å². The van der Waals surface area contributed by atoms with Gasteiger partial charge in [0.05, 0.1) is 0 Å². The lowest BCUT2D eigenvalue weighted by molar-refractivity contribution is 0.00854. The summed E-state index contributed by atoms with van der Waals surface area (Å²) in [6, 6.07) is 0.786. The van der Waals surface area contributed by atoms with Crippen LogP contribution in [0.5, 0.6) is 0 Å². The van der Waals surface area contributed by atoms with Gasteiger partial charge in [0, 0.05) is 38.3 Å². The summed E-state index contributed by atoms with van der Waals surface area (Å²) in [5.41, 5.74) is 5.92. The van der Waals surface area contributed by atoms with Crippen LogP contribution in [0, 0.1) is 0 Å². The molecule has 0 aromatic rings. The van der Waals surface area contributed by atoms with Crippen LogP contribution in [0.2, 0.25) is 0 Å². The van der Waals surface area contributed by atoms with Gasteiger partial charge in [-0.2, -0.15) is 0 Å². The van der Waals surface area contributed by atoms with Gasteiger partial charge in [0.2, 0.25) is 0 Å². The summed E-state index contributed by atoms with van der Waals surface area (Å²) in [6.07, 6.45) is 6.00. The number of nitrogens with zero attached hydrogens (tertiary/aromatic N) is 2. The van der Waals surface area contributed by atoms with Crippen LogP contribution in [-0.4, -0.2) is 59.8 Å². The summed E-state index contributed by atoms with van der Waals surface area (Å²) in [5.74, 6) is 0. The SMILES string of the molecule is CC(C)(C)OC(=O)N1CCN([C@@H]2CCCCC[C@@H]2N)CC1. The van der Waals surface area contributed by atoms with Crippen molar-refractivity contribution in [2.24, 2.45) is 5.73 Å². The molecule has 0 radical (unpaired) electrons. The number of carbonyl (C=O) groups excluding carboxylic acids is 1. The van der Waals surface area contributed by atoms with Gasteiger partial charge in [-0.05, 0) is 33.6 Å². The summed E-state index contributed by atoms with van der Waals surface area (Å²) < 4.78 is 5.44. The molecule has 0 aromatic heterocycles. The fraction of sp³-hybridized carbons (Fsp3) is 0.938. The first-order valence-electron chi connectivity index (χ1n) is 8.34. The van der Waals surface area contributed by atoms with E-state index in [-0.39, 0.29) is 6.09 Å². The second-order valence-electron chi connectivity index (χ2n) is 7.37. The normalized spacial score (nSPS) is 29.0. The Labute approximate surface area is 128 Å². The molecule has 2 fully saturated rings. The molecule has 21 heavy (non-hydrogen) atoms. The summed E-state index contributed by atoms with van der Waals surface area (Å²) in [5, 5.41) is 0. The van der Waals surface area contributed by atoms with Crippen molar-refractivity contribution in [1.82, 2.24) is 9.80 Å². The van der Waals surface area contributed by atoms with E-state index in [2.05, 4.69) is 4.90 Å². The van der Waals surface area contributed by atoms with Crippen LogP contribution in [0.4, 0.5) is 4.79 Å². The number of amides is 1. The molecule has 1 heterocycles. The number of piperazine rings is 1. The predicted molar refractivity (Wildman–Crippen MR) is 84.2 cm³/mol. The molecule has 1 saturated heterocycles. The van der Waals surface area contributed by atoms with Crippen LogP contribution < -0.4 is 5.73 Å². The van der Waals surface area contributed by atoms with Crippen molar-refractivity contribution in [3.8, 4) is 0 Å². The van der Waals surface area contributed by atoms with E-state index in [1.54, 1.807) is 0 Å². The minimum Gasteiger partial charge on any atom is -0.444 e. The highest BCUT2D eigenvalue weighted by Crippen LogP contribution is 2.22. The van der Waals surface area contributed by atoms with Gasteiger partial charge in [0.1, 0.15) is 5.60 Å². The molecule has 122 valence electrons. The van der Waals surface area contributed by atoms with Crippen LogP contribution in [0.3, 0.4) is 0 Å². The molecule has 2 rings (SSSR count). The lowest BCUT2D eigenvalue weighted by Crippen LogP contribution is -2.56. The zero-order valence-corrected chi connectivity index (χ0v) is 13.8. The van der Waals surface area contributed by atoms with E-state index in [1.165, 1.54) is 25.7 Å². The van der Waals surface area contributed by atoms with E-state index >= 15 is 0 Å². The van der Waals surface area contributed by atoms with E-state index < -0.39 is 5.60 Å². The maximum absolute atomic E-state index is 12.1. The predicted octanol–water partition coefficient (Wildman–Crippen LogP) is 2.20. The highest BCUT2D eigenvalue weighted by Gasteiger charge is 2.31. The minimum atomic E-state index is -0.419. The van der Waals surface area contributed by atoms with E-state index in [0.717, 1.165) is 32.6 Å². The van der Waals surface area contributed by atoms with Gasteiger partial charge in [-0.25, -0.2) is 4.79 Å². The molecule has 1 aliphatic carbocycles. The Balaban J connectivity index is 1.83. The fourth-order valence-electron chi connectivity index (χ4n) is 3.33. The average molecular weight is 297 g/mol. The standard InChI is InChI=1S/C16H31N3O2/c1-16(2,3)21-15(20)19-11-9-18(10-12-19)14-8-6-4-5-7-13(14)17/h13-14H,4-12,17H2,1-3H3/t13-,14+/m0/s1. The zero-order valence-electron chi connectivity index (χ0n) is 13.8. The molecule has 2 N–H and O–H groups in total. The molecule has 2 aliphatic rings. The van der Waals surface area contributed by atoms with E-state index in [9.17, 15) is 4.79 Å². The average Bonchev–Trinajstić information content (AvgIpc) is 2.62. The Morgan fingerprint density at radius 1 is 1.05 bits per heavy atom. The largest absolute Gasteiger partial charge is 0.444 e. The van der Waals surface area contributed by atoms with Gasteiger partial charge >= 0.3 is 6.09 Å². The van der Waals surface area contributed by atoms with Crippen molar-refractivity contribution in [3.63, 3.8) is 0 Å². The van der Waals surface area contributed by atoms with E-state index in [1.807, 2.05) is 25.7 Å². The molecule has 5 nitrogen and oxygen atoms in total. The maximum atomic E-state index is 12.1. The van der Waals surface area contributed by atoms with Gasteiger partial charge in [-0.3, -0.25) is 4.90 Å². The lowest BCUT2D eigenvalue weighted by atomic mass is 10.0. The number of nitrogens with two attached hydrogens (primary N) is 1. The Bertz CT molecular complexity index is 346. The molecule has 0 spiro atoms. The Kier molecular flexibility index (Phi) is 5.49. The third-order valence-electron chi connectivity index (χ3n) is 4.47. The van der Waals surface area contributed by atoms with Gasteiger partial charge in [-0.15, -0.1) is 0 Å². The molecular weight excluding hydrogens is 266 g/mol. The molecular formula is C16H31N3O2. The first kappa shape index (κ1) is 16.6. The second kappa shape index (κ2) is 6.97. The van der Waals surface area contributed by atoms with Crippen LogP contribution >= 0.6 is 0 Å². The Morgan fingerprint density at radius 2 is 1.67 bits per heavy atom. The van der Waals surface area contributed by atoms with Crippen LogP contribution in [-0.2, 0) is 4.74 Å². The number of carbonyl (C=O) groups is 1. The van der Waals surface area contributed by atoms with Crippen molar-refractivity contribution in [1.29, 1.82) is 0 Å². The number of hydrogen-bond acceptors (Lipinski definition) is 4. The molecule has 1 saturated carbocycles. The minimum absolute atomic E-state index is 0.188. The smallest absolute Gasteiger partial charge is 0.410 e. The van der Waals surface area contributed by atoms with Crippen molar-refractivity contribution < 1.29 is 9.53 Å². The second-order valence-corrected chi connectivity index (χ2v) is 7.37. The quantitative estimate of drug-likeness (QED) is 0.754. The summed E-state index contributed by atoms with van der Waals surface area (Å²) in [6.45, 7) is 9.05. The van der Waals surface area contributed by atoms with Crippen LogP contribution in [0.1, 0.15) is 52.9 Å². The third-order valence-corrected chi connectivity index (χ3v) is 4.47. The fourth-order valence-corrected chi connectivity index (χ4v) is 3.33. The Morgan fingerprint density at radius 3 is 2.29 bits per heavy atom. The molecule has 0 unspecified atom stereocenters. The van der Waals surface area contributed by atoms with Crippen LogP contribution in [0.15, 0.2) is 0 Å². The first-order chi connectivity index (χ1) is 9.87. The van der Waals surface area contributed by atoms with Gasteiger partial charge < -0.3 is 15.4 Å². The highest BCUT2D eigenvalue weighted by atomic mass is 16.6. The number of rotatable bonds is 1. The van der Waals surface area contributed by atoms with E-state index in [0.29, 0.717) is 12.1 Å². The van der Waals surface area contributed by atoms with Gasteiger partial charge in [0.15, 0.2) is 0 Å².